The molecule has 1 aromatic heterocycles. The fourth-order valence-corrected chi connectivity index (χ4v) is 3.38. The summed E-state index contributed by atoms with van der Waals surface area (Å²) in [6.45, 7) is 6.59. The Morgan fingerprint density at radius 1 is 1.48 bits per heavy atom. The molecular formula is C22H29FN6O4. The molecule has 178 valence electrons. The Morgan fingerprint density at radius 3 is 3.06 bits per heavy atom. The van der Waals surface area contributed by atoms with E-state index in [0.29, 0.717) is 48.2 Å². The number of hydrazine groups is 1. The van der Waals surface area contributed by atoms with Crippen molar-refractivity contribution in [1.82, 2.24) is 25.6 Å². The number of aromatic nitrogens is 3. The van der Waals surface area contributed by atoms with Crippen molar-refractivity contribution < 1.29 is 23.4 Å². The largest absolute Gasteiger partial charge is 0.493 e. The Labute approximate surface area is 191 Å². The first kappa shape index (κ1) is 24.3. The number of carbonyl (C=O) groups is 1. The topological polar surface area (TPSA) is 112 Å². The van der Waals surface area contributed by atoms with Crippen LogP contribution < -0.4 is 15.6 Å². The summed E-state index contributed by atoms with van der Waals surface area (Å²) in [7, 11) is 1.41. The van der Waals surface area contributed by atoms with Crippen molar-refractivity contribution in [2.24, 2.45) is 4.99 Å². The second kappa shape index (κ2) is 12.1. The van der Waals surface area contributed by atoms with E-state index in [2.05, 4.69) is 32.6 Å². The van der Waals surface area contributed by atoms with Gasteiger partial charge >= 0.3 is 5.97 Å². The average Bonchev–Trinajstić information content (AvgIpc) is 3.44. The number of aryl methyl sites for hydroxylation is 1. The summed E-state index contributed by atoms with van der Waals surface area (Å²) in [4.78, 5) is 16.1. The minimum absolute atomic E-state index is 0.0422. The van der Waals surface area contributed by atoms with Gasteiger partial charge in [-0.05, 0) is 25.0 Å². The molecule has 0 unspecified atom stereocenters. The van der Waals surface area contributed by atoms with E-state index in [1.807, 2.05) is 0 Å². The Hall–Kier alpha value is -3.31. The van der Waals surface area contributed by atoms with Crippen molar-refractivity contribution in [1.29, 1.82) is 0 Å². The molecule has 10 nitrogen and oxygen atoms in total. The molecule has 33 heavy (non-hydrogen) atoms. The van der Waals surface area contributed by atoms with E-state index < -0.39 is 5.97 Å². The van der Waals surface area contributed by atoms with Gasteiger partial charge in [-0.2, -0.15) is 0 Å². The third kappa shape index (κ3) is 6.36. The first-order valence-electron chi connectivity index (χ1n) is 10.7. The zero-order valence-electron chi connectivity index (χ0n) is 18.9. The van der Waals surface area contributed by atoms with Crippen molar-refractivity contribution in [3.05, 3.63) is 53.4 Å². The molecule has 1 aromatic carbocycles. The van der Waals surface area contributed by atoms with Crippen LogP contribution >= 0.6 is 0 Å². The average molecular weight is 461 g/mol. The van der Waals surface area contributed by atoms with E-state index in [-0.39, 0.29) is 32.0 Å². The lowest BCUT2D eigenvalue weighted by Gasteiger charge is -2.15. The van der Waals surface area contributed by atoms with Gasteiger partial charge in [0.2, 0.25) is 5.96 Å². The summed E-state index contributed by atoms with van der Waals surface area (Å²) < 4.78 is 32.6. The molecule has 3 rings (SSSR count). The van der Waals surface area contributed by atoms with E-state index in [1.54, 1.807) is 23.6 Å². The van der Waals surface area contributed by atoms with Gasteiger partial charge in [-0.1, -0.05) is 6.08 Å². The Balaban J connectivity index is 1.82. The number of methoxy groups -OCH3 is 1. The van der Waals surface area contributed by atoms with Gasteiger partial charge in [-0.15, -0.1) is 16.8 Å². The fraction of sp³-hybridized carbons (Fsp3) is 0.455. The fourth-order valence-electron chi connectivity index (χ4n) is 3.38. The van der Waals surface area contributed by atoms with E-state index in [0.717, 1.165) is 12.0 Å². The van der Waals surface area contributed by atoms with Gasteiger partial charge < -0.3 is 14.2 Å². The number of esters is 1. The van der Waals surface area contributed by atoms with Crippen molar-refractivity contribution in [2.75, 3.05) is 33.5 Å². The molecule has 0 saturated heterocycles. The van der Waals surface area contributed by atoms with Crippen LogP contribution in [0.4, 0.5) is 4.39 Å². The maximum atomic E-state index is 15.5. The summed E-state index contributed by atoms with van der Waals surface area (Å²) in [6.07, 6.45) is 4.91. The molecule has 0 spiro atoms. The Bertz CT molecular complexity index is 1010. The molecule has 0 saturated carbocycles. The Morgan fingerprint density at radius 2 is 2.33 bits per heavy atom. The molecule has 0 bridgehead atoms. The number of fused-ring (bicyclic) bond motifs is 1. The Kier molecular flexibility index (Phi) is 8.90. The molecule has 0 fully saturated rings. The summed E-state index contributed by atoms with van der Waals surface area (Å²) >= 11 is 0. The lowest BCUT2D eigenvalue weighted by Crippen LogP contribution is -2.42. The maximum Gasteiger partial charge on any atom is 0.332 e. The van der Waals surface area contributed by atoms with Gasteiger partial charge in [0.15, 0.2) is 0 Å². The molecule has 0 aliphatic carbocycles. The van der Waals surface area contributed by atoms with Crippen molar-refractivity contribution in [3.8, 4) is 5.75 Å². The molecular weight excluding hydrogens is 431 g/mol. The lowest BCUT2D eigenvalue weighted by atomic mass is 9.99. The number of hydrogen-bond donors (Lipinski definition) is 2. The monoisotopic (exact) mass is 460 g/mol. The summed E-state index contributed by atoms with van der Waals surface area (Å²) in [6, 6.07) is 1.68. The third-order valence-electron chi connectivity index (χ3n) is 5.03. The van der Waals surface area contributed by atoms with E-state index in [1.165, 1.54) is 13.4 Å². The lowest BCUT2D eigenvalue weighted by molar-refractivity contribution is -0.147. The van der Waals surface area contributed by atoms with Crippen LogP contribution in [0.2, 0.25) is 0 Å². The SMILES string of the molecule is C=CCCNNC(=NCc1c(F)c(CCOC(=O)COC)cc2c1CCO2)n1cnnc1C. The summed E-state index contributed by atoms with van der Waals surface area (Å²) in [5.41, 5.74) is 7.77. The van der Waals surface area contributed by atoms with Crippen LogP contribution in [0.3, 0.4) is 0 Å². The predicted molar refractivity (Wildman–Crippen MR) is 119 cm³/mol. The maximum absolute atomic E-state index is 15.5. The first-order chi connectivity index (χ1) is 16.0. The molecule has 0 amide bonds. The zero-order valence-corrected chi connectivity index (χ0v) is 18.9. The van der Waals surface area contributed by atoms with Gasteiger partial charge in [0.25, 0.3) is 0 Å². The first-order valence-corrected chi connectivity index (χ1v) is 10.7. The molecule has 2 heterocycles. The van der Waals surface area contributed by atoms with Crippen LogP contribution in [0, 0.1) is 12.7 Å². The van der Waals surface area contributed by atoms with Crippen molar-refractivity contribution in [3.63, 3.8) is 0 Å². The minimum atomic E-state index is -0.496. The smallest absolute Gasteiger partial charge is 0.332 e. The van der Waals surface area contributed by atoms with Crippen LogP contribution in [-0.4, -0.2) is 60.2 Å². The zero-order chi connectivity index (χ0) is 23.6. The van der Waals surface area contributed by atoms with Gasteiger partial charge in [-0.25, -0.2) is 19.6 Å². The highest BCUT2D eigenvalue weighted by Gasteiger charge is 2.23. The normalized spacial score (nSPS) is 12.9. The summed E-state index contributed by atoms with van der Waals surface area (Å²) in [5, 5.41) is 7.89. The van der Waals surface area contributed by atoms with E-state index in [4.69, 9.17) is 14.2 Å². The highest BCUT2D eigenvalue weighted by molar-refractivity contribution is 5.82. The highest BCUT2D eigenvalue weighted by atomic mass is 19.1. The quantitative estimate of drug-likeness (QED) is 0.130. The van der Waals surface area contributed by atoms with Gasteiger partial charge in [-0.3, -0.25) is 9.99 Å². The molecule has 1 aliphatic rings. The number of nitrogens with zero attached hydrogens (tertiary/aromatic N) is 4. The third-order valence-corrected chi connectivity index (χ3v) is 5.03. The second-order valence-electron chi connectivity index (χ2n) is 7.32. The molecule has 2 aromatic rings. The number of nitrogens with one attached hydrogen (secondary N) is 2. The van der Waals surface area contributed by atoms with Gasteiger partial charge in [0.05, 0.1) is 19.8 Å². The van der Waals surface area contributed by atoms with Gasteiger partial charge in [0.1, 0.15) is 30.3 Å². The van der Waals surface area contributed by atoms with Crippen LogP contribution in [0.25, 0.3) is 0 Å². The number of rotatable bonds is 11. The van der Waals surface area contributed by atoms with Crippen LogP contribution in [-0.2, 0) is 33.7 Å². The van der Waals surface area contributed by atoms with Gasteiger partial charge in [0, 0.05) is 37.6 Å². The number of ether oxygens (including phenoxy) is 3. The van der Waals surface area contributed by atoms with Crippen LogP contribution in [0.1, 0.15) is 28.9 Å². The van der Waals surface area contributed by atoms with E-state index >= 15 is 4.39 Å². The highest BCUT2D eigenvalue weighted by Crippen LogP contribution is 2.33. The summed E-state index contributed by atoms with van der Waals surface area (Å²) in [5.74, 6) is 0.841. The number of aliphatic imine (C=N–C) groups is 1. The molecule has 2 N–H and O–H groups in total. The minimum Gasteiger partial charge on any atom is -0.493 e. The van der Waals surface area contributed by atoms with Crippen LogP contribution in [0.15, 0.2) is 30.0 Å². The standard InChI is InChI=1S/C22H29FN6O4/c1-4-5-8-25-28-22(29-14-26-27-15(29)2)24-12-18-17-7-10-32-19(17)11-16(21(18)23)6-9-33-20(30)13-31-3/h4,11,14,25H,1,5-10,12-13H2,2-3H3,(H,24,28). The van der Waals surface area contributed by atoms with Crippen LogP contribution in [0.5, 0.6) is 5.75 Å². The second-order valence-corrected chi connectivity index (χ2v) is 7.32. The molecule has 1 aliphatic heterocycles. The molecule has 0 atom stereocenters. The number of carbonyl (C=O) groups excluding carboxylic acids is 1. The molecule has 11 heteroatoms. The number of benzene rings is 1. The van der Waals surface area contributed by atoms with Crippen molar-refractivity contribution >= 4 is 11.9 Å². The van der Waals surface area contributed by atoms with E-state index in [9.17, 15) is 4.79 Å². The molecule has 0 radical (unpaired) electrons. The van der Waals surface area contributed by atoms with Crippen molar-refractivity contribution in [2.45, 2.75) is 32.7 Å². The number of halogens is 1. The number of hydrogen-bond acceptors (Lipinski definition) is 8. The predicted octanol–water partition coefficient (Wildman–Crippen LogP) is 1.47.